The summed E-state index contributed by atoms with van der Waals surface area (Å²) in [7, 11) is 3.59. The summed E-state index contributed by atoms with van der Waals surface area (Å²) in [5.41, 5.74) is 2.42. The average Bonchev–Trinajstić information content (AvgIpc) is 3.20. The van der Waals surface area contributed by atoms with E-state index in [0.717, 1.165) is 26.9 Å². The molecule has 0 radical (unpaired) electrons. The molecule has 29 heavy (non-hydrogen) atoms. The van der Waals surface area contributed by atoms with E-state index < -0.39 is 0 Å². The maximum Gasteiger partial charge on any atom is 0.269 e. The number of aliphatic imine (C=N–C) groups is 1. The highest BCUT2D eigenvalue weighted by Gasteiger charge is 2.38. The second-order valence-corrected chi connectivity index (χ2v) is 8.68. The van der Waals surface area contributed by atoms with Gasteiger partial charge in [-0.25, -0.2) is 4.99 Å². The van der Waals surface area contributed by atoms with Gasteiger partial charge < -0.3 is 14.7 Å². The number of ether oxygens (including phenoxy) is 1. The van der Waals surface area contributed by atoms with E-state index in [1.807, 2.05) is 50.1 Å². The number of carbonyl (C=O) groups is 1. The summed E-state index contributed by atoms with van der Waals surface area (Å²) in [4.78, 5) is 23.1. The Balaban J connectivity index is 1.73. The molecule has 0 bridgehead atoms. The fraction of sp³-hybridized carbons (Fsp3) is 0.238. The van der Waals surface area contributed by atoms with Crippen molar-refractivity contribution >= 4 is 46.0 Å². The molecule has 8 heteroatoms. The third-order valence-electron chi connectivity index (χ3n) is 4.76. The molecule has 0 aliphatic carbocycles. The highest BCUT2D eigenvalue weighted by atomic mass is 32.2. The van der Waals surface area contributed by atoms with Gasteiger partial charge in [-0.05, 0) is 55.4 Å². The van der Waals surface area contributed by atoms with Crippen LogP contribution in [-0.2, 0) is 4.79 Å². The summed E-state index contributed by atoms with van der Waals surface area (Å²) in [5, 5.41) is 11.7. The summed E-state index contributed by atoms with van der Waals surface area (Å²) in [5.74, 6) is 0.812. The number of anilines is 1. The first-order valence-corrected chi connectivity index (χ1v) is 10.8. The van der Waals surface area contributed by atoms with Gasteiger partial charge in [0.1, 0.15) is 22.1 Å². The Morgan fingerprint density at radius 1 is 1.17 bits per heavy atom. The molecular formula is C21H21N3O3S2. The number of carbonyl (C=O) groups excluding carboxylic acids is 1. The van der Waals surface area contributed by atoms with Gasteiger partial charge in [-0.3, -0.25) is 9.69 Å². The number of rotatable bonds is 3. The van der Waals surface area contributed by atoms with Crippen LogP contribution in [0.1, 0.15) is 12.5 Å². The fourth-order valence-electron chi connectivity index (χ4n) is 3.18. The predicted molar refractivity (Wildman–Crippen MR) is 119 cm³/mol. The molecule has 0 spiro atoms. The molecule has 0 saturated carbocycles. The number of aryl methyl sites for hydroxylation is 1. The second kappa shape index (κ2) is 7.68. The largest absolute Gasteiger partial charge is 0.506 e. The van der Waals surface area contributed by atoms with Gasteiger partial charge in [0.15, 0.2) is 5.17 Å². The SMILES string of the molecule is CCN1C(=O)/C(=C2/Sc3ccc(OC)cc3N2C)SC1=Nc1ccc(C)cc1O. The molecule has 6 nitrogen and oxygen atoms in total. The van der Waals surface area contributed by atoms with Gasteiger partial charge in [-0.2, -0.15) is 0 Å². The van der Waals surface area contributed by atoms with Crippen LogP contribution < -0.4 is 9.64 Å². The van der Waals surface area contributed by atoms with E-state index in [-0.39, 0.29) is 11.7 Å². The van der Waals surface area contributed by atoms with Crippen molar-refractivity contribution in [2.45, 2.75) is 18.7 Å². The van der Waals surface area contributed by atoms with Crippen LogP contribution in [0.4, 0.5) is 11.4 Å². The zero-order valence-electron chi connectivity index (χ0n) is 16.6. The van der Waals surface area contributed by atoms with Crippen molar-refractivity contribution in [3.63, 3.8) is 0 Å². The van der Waals surface area contributed by atoms with Crippen molar-refractivity contribution in [1.82, 2.24) is 4.90 Å². The number of fused-ring (bicyclic) bond motifs is 1. The van der Waals surface area contributed by atoms with Crippen LogP contribution in [0.5, 0.6) is 11.5 Å². The number of phenols is 1. The molecular weight excluding hydrogens is 406 g/mol. The van der Waals surface area contributed by atoms with Crippen molar-refractivity contribution in [2.75, 3.05) is 25.6 Å². The maximum atomic E-state index is 13.1. The van der Waals surface area contributed by atoms with Gasteiger partial charge in [0, 0.05) is 24.6 Å². The number of amidine groups is 1. The third kappa shape index (κ3) is 3.47. The molecule has 2 aromatic carbocycles. The molecule has 0 atom stereocenters. The molecule has 2 aliphatic rings. The summed E-state index contributed by atoms with van der Waals surface area (Å²) in [6.45, 7) is 4.33. The van der Waals surface area contributed by atoms with Gasteiger partial charge >= 0.3 is 0 Å². The first-order chi connectivity index (χ1) is 13.9. The predicted octanol–water partition coefficient (Wildman–Crippen LogP) is 4.70. The number of nitrogens with zero attached hydrogens (tertiary/aromatic N) is 3. The van der Waals surface area contributed by atoms with Crippen molar-refractivity contribution in [1.29, 1.82) is 0 Å². The molecule has 1 amide bonds. The molecule has 1 fully saturated rings. The number of likely N-dealkylation sites (N-methyl/N-ethyl adjacent to an activating group) is 1. The first kappa shape index (κ1) is 19.7. The van der Waals surface area contributed by atoms with Gasteiger partial charge in [0.05, 0.1) is 17.8 Å². The summed E-state index contributed by atoms with van der Waals surface area (Å²) >= 11 is 2.91. The average molecular weight is 428 g/mol. The fourth-order valence-corrected chi connectivity index (χ4v) is 5.56. The number of hydrogen-bond acceptors (Lipinski definition) is 7. The highest BCUT2D eigenvalue weighted by Crippen LogP contribution is 2.51. The number of phenolic OH excluding ortho intramolecular Hbond substituents is 1. The highest BCUT2D eigenvalue weighted by molar-refractivity contribution is 8.19. The van der Waals surface area contributed by atoms with Crippen LogP contribution in [-0.4, -0.2) is 41.8 Å². The van der Waals surface area contributed by atoms with E-state index in [1.54, 1.807) is 35.9 Å². The minimum absolute atomic E-state index is 0.0722. The lowest BCUT2D eigenvalue weighted by Gasteiger charge is -2.15. The van der Waals surface area contributed by atoms with Crippen LogP contribution >= 0.6 is 23.5 Å². The topological polar surface area (TPSA) is 65.4 Å². The second-order valence-electron chi connectivity index (χ2n) is 6.67. The van der Waals surface area contributed by atoms with E-state index >= 15 is 0 Å². The number of hydrogen-bond donors (Lipinski definition) is 1. The summed E-state index contributed by atoms with van der Waals surface area (Å²) in [6.07, 6.45) is 0. The first-order valence-electron chi connectivity index (χ1n) is 9.14. The van der Waals surface area contributed by atoms with Crippen LogP contribution in [0.15, 0.2) is 56.2 Å². The number of aromatic hydroxyl groups is 1. The van der Waals surface area contributed by atoms with Crippen LogP contribution in [0.3, 0.4) is 0 Å². The Bertz CT molecular complexity index is 1070. The van der Waals surface area contributed by atoms with Crippen molar-refractivity contribution in [2.24, 2.45) is 4.99 Å². The molecule has 150 valence electrons. The number of amides is 1. The maximum absolute atomic E-state index is 13.1. The molecule has 4 rings (SSSR count). The van der Waals surface area contributed by atoms with E-state index in [2.05, 4.69) is 4.99 Å². The molecule has 2 aliphatic heterocycles. The molecule has 2 aromatic rings. The number of thioether (sulfide) groups is 2. The van der Waals surface area contributed by atoms with Crippen molar-refractivity contribution in [3.8, 4) is 11.5 Å². The van der Waals surface area contributed by atoms with Crippen LogP contribution in [0.2, 0.25) is 0 Å². The van der Waals surface area contributed by atoms with Crippen LogP contribution in [0.25, 0.3) is 0 Å². The van der Waals surface area contributed by atoms with Crippen molar-refractivity contribution < 1.29 is 14.6 Å². The van der Waals surface area contributed by atoms with E-state index in [1.165, 1.54) is 11.8 Å². The van der Waals surface area contributed by atoms with E-state index in [0.29, 0.717) is 22.3 Å². The number of benzene rings is 2. The van der Waals surface area contributed by atoms with Crippen LogP contribution in [0, 0.1) is 6.92 Å². The third-order valence-corrected chi connectivity index (χ3v) is 7.19. The van der Waals surface area contributed by atoms with E-state index in [4.69, 9.17) is 4.74 Å². The Kier molecular flexibility index (Phi) is 5.23. The minimum atomic E-state index is -0.0722. The molecule has 2 heterocycles. The molecule has 1 saturated heterocycles. The Labute approximate surface area is 178 Å². The van der Waals surface area contributed by atoms with Gasteiger partial charge in [-0.15, -0.1) is 0 Å². The zero-order chi connectivity index (χ0) is 20.7. The Morgan fingerprint density at radius 3 is 2.66 bits per heavy atom. The molecule has 0 aromatic heterocycles. The molecule has 0 unspecified atom stereocenters. The van der Waals surface area contributed by atoms with Gasteiger partial charge in [-0.1, -0.05) is 17.8 Å². The minimum Gasteiger partial charge on any atom is -0.506 e. The number of methoxy groups -OCH3 is 1. The summed E-state index contributed by atoms with van der Waals surface area (Å²) in [6, 6.07) is 11.2. The smallest absolute Gasteiger partial charge is 0.269 e. The van der Waals surface area contributed by atoms with E-state index in [9.17, 15) is 9.90 Å². The normalized spacial score (nSPS) is 20.0. The van der Waals surface area contributed by atoms with Gasteiger partial charge in [0.25, 0.3) is 5.91 Å². The lowest BCUT2D eigenvalue weighted by molar-refractivity contribution is -0.122. The zero-order valence-corrected chi connectivity index (χ0v) is 18.2. The van der Waals surface area contributed by atoms with Gasteiger partial charge in [0.2, 0.25) is 0 Å². The Hall–Kier alpha value is -2.58. The quantitative estimate of drug-likeness (QED) is 0.716. The lowest BCUT2D eigenvalue weighted by atomic mass is 10.2. The Morgan fingerprint density at radius 2 is 1.97 bits per heavy atom. The monoisotopic (exact) mass is 427 g/mol. The molecule has 1 N–H and O–H groups in total. The summed E-state index contributed by atoms with van der Waals surface area (Å²) < 4.78 is 5.33. The standard InChI is InChI=1S/C21H21N3O3S2/c1-5-24-19(26)18(29-21(24)22-14-8-6-12(2)10-16(14)25)20-23(3)15-11-13(27-4)7-9-17(15)28-20/h6-11,25H,5H2,1-4H3/b20-18-,22-21?. The van der Waals surface area contributed by atoms with Crippen molar-refractivity contribution in [3.05, 3.63) is 51.9 Å². The lowest BCUT2D eigenvalue weighted by Crippen LogP contribution is -2.29.